The molecule has 6 heteroatoms. The predicted molar refractivity (Wildman–Crippen MR) is 79.2 cm³/mol. The standard InChI is InChI=1S/C13H19N3O2S/c1-4-18-11(17)8-16(9(2)3)13-10(12(14)19)6-5-7-15-13/h5-7,9H,4,8H2,1-3H3,(H2,14,19). The normalized spacial score (nSPS) is 10.3. The summed E-state index contributed by atoms with van der Waals surface area (Å²) in [4.78, 5) is 18.0. The molecule has 104 valence electrons. The number of carbonyl (C=O) groups is 1. The number of hydrogen-bond donors (Lipinski definition) is 1. The van der Waals surface area contributed by atoms with Crippen molar-refractivity contribution in [1.82, 2.24) is 4.98 Å². The fraction of sp³-hybridized carbons (Fsp3) is 0.462. The number of anilines is 1. The maximum atomic E-state index is 11.7. The van der Waals surface area contributed by atoms with E-state index < -0.39 is 0 Å². The molecule has 0 fully saturated rings. The van der Waals surface area contributed by atoms with E-state index in [0.29, 0.717) is 18.0 Å². The van der Waals surface area contributed by atoms with Crippen molar-refractivity contribution in [3.8, 4) is 0 Å². The van der Waals surface area contributed by atoms with Crippen molar-refractivity contribution in [3.63, 3.8) is 0 Å². The minimum absolute atomic E-state index is 0.0763. The third kappa shape index (κ3) is 4.17. The maximum Gasteiger partial charge on any atom is 0.325 e. The lowest BCUT2D eigenvalue weighted by molar-refractivity contribution is -0.141. The van der Waals surface area contributed by atoms with E-state index in [1.54, 1.807) is 25.3 Å². The molecule has 0 radical (unpaired) electrons. The quantitative estimate of drug-likeness (QED) is 0.629. The highest BCUT2D eigenvalue weighted by Gasteiger charge is 2.20. The highest BCUT2D eigenvalue weighted by atomic mass is 32.1. The zero-order chi connectivity index (χ0) is 14.4. The van der Waals surface area contributed by atoms with Crippen LogP contribution in [0.1, 0.15) is 26.3 Å². The number of rotatable bonds is 6. The van der Waals surface area contributed by atoms with Gasteiger partial charge in [-0.05, 0) is 32.9 Å². The van der Waals surface area contributed by atoms with E-state index in [-0.39, 0.29) is 23.5 Å². The summed E-state index contributed by atoms with van der Waals surface area (Å²) in [5.74, 6) is 0.314. The van der Waals surface area contributed by atoms with Gasteiger partial charge in [-0.25, -0.2) is 4.98 Å². The van der Waals surface area contributed by atoms with E-state index in [9.17, 15) is 4.79 Å². The molecule has 0 aliphatic heterocycles. The van der Waals surface area contributed by atoms with Crippen LogP contribution in [0.15, 0.2) is 18.3 Å². The van der Waals surface area contributed by atoms with Crippen LogP contribution in [0.2, 0.25) is 0 Å². The molecule has 0 unspecified atom stereocenters. The molecule has 1 rings (SSSR count). The van der Waals surface area contributed by atoms with E-state index in [0.717, 1.165) is 0 Å². The van der Waals surface area contributed by atoms with Crippen LogP contribution in [0.5, 0.6) is 0 Å². The second kappa shape index (κ2) is 7.04. The van der Waals surface area contributed by atoms with Gasteiger partial charge in [0.05, 0.1) is 12.2 Å². The first-order valence-electron chi connectivity index (χ1n) is 6.14. The zero-order valence-corrected chi connectivity index (χ0v) is 12.2. The lowest BCUT2D eigenvalue weighted by atomic mass is 10.2. The van der Waals surface area contributed by atoms with Gasteiger partial charge in [-0.15, -0.1) is 0 Å². The number of pyridine rings is 1. The van der Waals surface area contributed by atoms with Crippen LogP contribution in [-0.4, -0.2) is 35.1 Å². The Kier molecular flexibility index (Phi) is 5.69. The fourth-order valence-corrected chi connectivity index (χ4v) is 1.83. The first-order valence-corrected chi connectivity index (χ1v) is 6.55. The van der Waals surface area contributed by atoms with Gasteiger partial charge in [0.15, 0.2) is 0 Å². The van der Waals surface area contributed by atoms with Crippen molar-refractivity contribution < 1.29 is 9.53 Å². The Hall–Kier alpha value is -1.69. The van der Waals surface area contributed by atoms with Gasteiger partial charge in [0.2, 0.25) is 0 Å². The number of carbonyl (C=O) groups excluding carboxylic acids is 1. The Morgan fingerprint density at radius 1 is 1.58 bits per heavy atom. The molecule has 2 N–H and O–H groups in total. The molecule has 1 aromatic heterocycles. The van der Waals surface area contributed by atoms with Crippen LogP contribution in [0.4, 0.5) is 5.82 Å². The van der Waals surface area contributed by atoms with E-state index in [1.165, 1.54) is 0 Å². The molecule has 0 amide bonds. The highest BCUT2D eigenvalue weighted by Crippen LogP contribution is 2.19. The van der Waals surface area contributed by atoms with Crippen LogP contribution in [0.3, 0.4) is 0 Å². The Morgan fingerprint density at radius 2 is 2.26 bits per heavy atom. The number of hydrogen-bond acceptors (Lipinski definition) is 5. The van der Waals surface area contributed by atoms with Gasteiger partial charge in [0, 0.05) is 12.2 Å². The molecular weight excluding hydrogens is 262 g/mol. The Morgan fingerprint density at radius 3 is 2.79 bits per heavy atom. The van der Waals surface area contributed by atoms with Crippen molar-refractivity contribution in [3.05, 3.63) is 23.9 Å². The first kappa shape index (κ1) is 15.4. The van der Waals surface area contributed by atoms with Crippen LogP contribution in [0, 0.1) is 0 Å². The summed E-state index contributed by atoms with van der Waals surface area (Å²) >= 11 is 5.02. The number of nitrogens with zero attached hydrogens (tertiary/aromatic N) is 2. The second-order valence-electron chi connectivity index (χ2n) is 4.27. The second-order valence-corrected chi connectivity index (χ2v) is 4.71. The number of thiocarbonyl (C=S) groups is 1. The molecule has 1 heterocycles. The van der Waals surface area contributed by atoms with E-state index >= 15 is 0 Å². The summed E-state index contributed by atoms with van der Waals surface area (Å²) in [6.07, 6.45) is 1.65. The Bertz CT molecular complexity index is 463. The Labute approximate surface area is 118 Å². The number of ether oxygens (including phenoxy) is 1. The molecule has 0 spiro atoms. The van der Waals surface area contributed by atoms with Crippen LogP contribution < -0.4 is 10.6 Å². The minimum Gasteiger partial charge on any atom is -0.465 e. The summed E-state index contributed by atoms with van der Waals surface area (Å²) in [6.45, 7) is 6.20. The largest absolute Gasteiger partial charge is 0.465 e. The van der Waals surface area contributed by atoms with E-state index in [4.69, 9.17) is 22.7 Å². The minimum atomic E-state index is -0.296. The molecule has 5 nitrogen and oxygen atoms in total. The topological polar surface area (TPSA) is 68.5 Å². The first-order chi connectivity index (χ1) is 8.97. The lowest BCUT2D eigenvalue weighted by Gasteiger charge is -2.28. The van der Waals surface area contributed by atoms with Gasteiger partial charge < -0.3 is 15.4 Å². The molecule has 0 saturated heterocycles. The van der Waals surface area contributed by atoms with Crippen molar-refractivity contribution >= 4 is 29.0 Å². The third-order valence-electron chi connectivity index (χ3n) is 2.55. The van der Waals surface area contributed by atoms with E-state index in [1.807, 2.05) is 18.7 Å². The van der Waals surface area contributed by atoms with E-state index in [2.05, 4.69) is 4.98 Å². The van der Waals surface area contributed by atoms with Gasteiger partial charge in [-0.3, -0.25) is 4.79 Å². The Balaban J connectivity index is 3.06. The van der Waals surface area contributed by atoms with Crippen molar-refractivity contribution in [2.24, 2.45) is 5.73 Å². The summed E-state index contributed by atoms with van der Waals surface area (Å²) in [7, 11) is 0. The fourth-order valence-electron chi connectivity index (χ4n) is 1.67. The van der Waals surface area contributed by atoms with Gasteiger partial charge in [-0.2, -0.15) is 0 Å². The number of nitrogens with two attached hydrogens (primary N) is 1. The smallest absolute Gasteiger partial charge is 0.325 e. The molecule has 0 atom stereocenters. The zero-order valence-electron chi connectivity index (χ0n) is 11.4. The molecule has 0 aliphatic rings. The number of aromatic nitrogens is 1. The third-order valence-corrected chi connectivity index (χ3v) is 2.77. The molecule has 19 heavy (non-hydrogen) atoms. The van der Waals surface area contributed by atoms with Crippen LogP contribution in [-0.2, 0) is 9.53 Å². The SMILES string of the molecule is CCOC(=O)CN(c1ncccc1C(N)=S)C(C)C. The van der Waals surface area contributed by atoms with Crippen molar-refractivity contribution in [2.75, 3.05) is 18.1 Å². The summed E-state index contributed by atoms with van der Waals surface area (Å²) < 4.78 is 4.97. The number of esters is 1. The summed E-state index contributed by atoms with van der Waals surface area (Å²) in [5, 5.41) is 0. The maximum absolute atomic E-state index is 11.7. The average molecular weight is 281 g/mol. The van der Waals surface area contributed by atoms with Gasteiger partial charge >= 0.3 is 5.97 Å². The molecular formula is C13H19N3O2S. The highest BCUT2D eigenvalue weighted by molar-refractivity contribution is 7.80. The summed E-state index contributed by atoms with van der Waals surface area (Å²) in [5.41, 5.74) is 6.35. The van der Waals surface area contributed by atoms with Crippen LogP contribution in [0.25, 0.3) is 0 Å². The van der Waals surface area contributed by atoms with Gasteiger partial charge in [0.1, 0.15) is 17.4 Å². The molecule has 0 aliphatic carbocycles. The van der Waals surface area contributed by atoms with Gasteiger partial charge in [0.25, 0.3) is 0 Å². The molecule has 1 aromatic rings. The monoisotopic (exact) mass is 281 g/mol. The van der Waals surface area contributed by atoms with Crippen molar-refractivity contribution in [2.45, 2.75) is 26.8 Å². The lowest BCUT2D eigenvalue weighted by Crippen LogP contribution is -2.38. The average Bonchev–Trinajstić information content (AvgIpc) is 2.36. The van der Waals surface area contributed by atoms with Crippen molar-refractivity contribution in [1.29, 1.82) is 0 Å². The van der Waals surface area contributed by atoms with Gasteiger partial charge in [-0.1, -0.05) is 12.2 Å². The molecule has 0 aromatic carbocycles. The molecule has 0 saturated carbocycles. The summed E-state index contributed by atoms with van der Waals surface area (Å²) in [6, 6.07) is 3.64. The predicted octanol–water partition coefficient (Wildman–Crippen LogP) is 1.49. The molecule has 0 bridgehead atoms. The van der Waals surface area contributed by atoms with Crippen LogP contribution >= 0.6 is 12.2 Å².